The van der Waals surface area contributed by atoms with E-state index in [9.17, 15) is 9.90 Å². The van der Waals surface area contributed by atoms with Gasteiger partial charge in [0.2, 0.25) is 0 Å². The van der Waals surface area contributed by atoms with Crippen molar-refractivity contribution in [1.82, 2.24) is 5.43 Å². The van der Waals surface area contributed by atoms with Crippen LogP contribution in [0.25, 0.3) is 0 Å². The van der Waals surface area contributed by atoms with E-state index < -0.39 is 11.7 Å². The van der Waals surface area contributed by atoms with Crippen LogP contribution in [0.4, 0.5) is 4.79 Å². The van der Waals surface area contributed by atoms with Crippen LogP contribution >= 0.6 is 31.9 Å². The number of rotatable bonds is 2. The molecule has 0 atom stereocenters. The Labute approximate surface area is 128 Å². The molecule has 0 radical (unpaired) electrons. The molecule has 0 bridgehead atoms. The quantitative estimate of drug-likeness (QED) is 0.593. The highest BCUT2D eigenvalue weighted by atomic mass is 79.9. The normalized spacial score (nSPS) is 11.6. The number of nitrogens with one attached hydrogen (secondary N) is 1. The molecule has 2 N–H and O–H groups in total. The van der Waals surface area contributed by atoms with Crippen molar-refractivity contribution in [2.45, 2.75) is 26.4 Å². The molecule has 1 amide bonds. The first-order valence-corrected chi connectivity index (χ1v) is 6.98. The molecule has 1 aromatic carbocycles. The van der Waals surface area contributed by atoms with Gasteiger partial charge in [0, 0.05) is 0 Å². The van der Waals surface area contributed by atoms with Crippen LogP contribution in [0.2, 0.25) is 0 Å². The zero-order chi connectivity index (χ0) is 14.6. The summed E-state index contributed by atoms with van der Waals surface area (Å²) in [5, 5.41) is 13.3. The Morgan fingerprint density at radius 1 is 1.37 bits per heavy atom. The Morgan fingerprint density at radius 2 is 1.89 bits per heavy atom. The number of halogens is 2. The second kappa shape index (κ2) is 6.38. The van der Waals surface area contributed by atoms with Gasteiger partial charge in [-0.2, -0.15) is 5.10 Å². The van der Waals surface area contributed by atoms with Crippen molar-refractivity contribution in [3.8, 4) is 5.75 Å². The Bertz CT molecular complexity index is 487. The predicted molar refractivity (Wildman–Crippen MR) is 80.5 cm³/mol. The van der Waals surface area contributed by atoms with Crippen molar-refractivity contribution in [2.75, 3.05) is 0 Å². The van der Waals surface area contributed by atoms with Gasteiger partial charge in [-0.3, -0.25) is 0 Å². The number of phenols is 1. The molecular weight excluding hydrogens is 380 g/mol. The number of aromatic hydroxyl groups is 1. The fourth-order valence-corrected chi connectivity index (χ4v) is 2.34. The third-order valence-corrected chi connectivity index (χ3v) is 3.02. The van der Waals surface area contributed by atoms with Crippen LogP contribution in [-0.2, 0) is 4.74 Å². The maximum Gasteiger partial charge on any atom is 0.428 e. The van der Waals surface area contributed by atoms with Crippen LogP contribution in [0.3, 0.4) is 0 Å². The number of phenolic OH excluding ortho intramolecular Hbond substituents is 1. The standard InChI is InChI=1S/C12H14Br2N2O3/c1-12(2,3)19-11(18)16-15-6-7-4-8(13)10(17)9(14)5-7/h4-6,17H,1-3H3,(H,16,18)/b15-6-. The zero-order valence-corrected chi connectivity index (χ0v) is 13.9. The molecule has 0 saturated heterocycles. The SMILES string of the molecule is CC(C)(C)OC(=O)N/N=C\c1cc(Br)c(O)c(Br)c1. The van der Waals surface area contributed by atoms with E-state index in [-0.39, 0.29) is 5.75 Å². The van der Waals surface area contributed by atoms with E-state index >= 15 is 0 Å². The van der Waals surface area contributed by atoms with E-state index in [1.54, 1.807) is 32.9 Å². The molecule has 5 nitrogen and oxygen atoms in total. The van der Waals surface area contributed by atoms with Crippen LogP contribution in [-0.4, -0.2) is 23.0 Å². The summed E-state index contributed by atoms with van der Waals surface area (Å²) in [6.45, 7) is 5.31. The topological polar surface area (TPSA) is 70.9 Å². The minimum atomic E-state index is -0.624. The van der Waals surface area contributed by atoms with Crippen molar-refractivity contribution in [2.24, 2.45) is 5.10 Å². The summed E-state index contributed by atoms with van der Waals surface area (Å²) in [6, 6.07) is 3.33. The third kappa shape index (κ3) is 5.61. The van der Waals surface area contributed by atoms with E-state index in [1.807, 2.05) is 0 Å². The Morgan fingerprint density at radius 3 is 2.37 bits per heavy atom. The Hall–Kier alpha value is -1.08. The number of carbonyl (C=O) groups excluding carboxylic acids is 1. The second-order valence-corrected chi connectivity index (χ2v) is 6.41. The van der Waals surface area contributed by atoms with Gasteiger partial charge in [-0.15, -0.1) is 0 Å². The summed E-state index contributed by atoms with van der Waals surface area (Å²) in [5.74, 6) is 0.109. The van der Waals surface area contributed by atoms with E-state index in [1.165, 1.54) is 6.21 Å². The predicted octanol–water partition coefficient (Wildman–Crippen LogP) is 3.78. The number of carbonyl (C=O) groups is 1. The molecule has 0 unspecified atom stereocenters. The number of amides is 1. The molecule has 0 aromatic heterocycles. The monoisotopic (exact) mass is 392 g/mol. The second-order valence-electron chi connectivity index (χ2n) is 4.71. The summed E-state index contributed by atoms with van der Waals surface area (Å²) in [6.07, 6.45) is 0.819. The van der Waals surface area contributed by atoms with Gasteiger partial charge in [-0.25, -0.2) is 10.2 Å². The number of hydrazone groups is 1. The third-order valence-electron chi connectivity index (χ3n) is 1.81. The molecule has 0 spiro atoms. The first-order chi connectivity index (χ1) is 8.69. The van der Waals surface area contributed by atoms with Crippen LogP contribution in [0.5, 0.6) is 5.75 Å². The molecule has 0 aliphatic carbocycles. The fraction of sp³-hybridized carbons (Fsp3) is 0.333. The van der Waals surface area contributed by atoms with Gasteiger partial charge in [0.25, 0.3) is 0 Å². The molecule has 7 heteroatoms. The summed E-state index contributed by atoms with van der Waals surface area (Å²) in [5.41, 5.74) is 2.39. The van der Waals surface area contributed by atoms with E-state index in [0.717, 1.165) is 0 Å². The largest absolute Gasteiger partial charge is 0.506 e. The molecule has 104 valence electrons. The number of benzene rings is 1. The Balaban J connectivity index is 2.66. The lowest BCUT2D eigenvalue weighted by Gasteiger charge is -2.18. The van der Waals surface area contributed by atoms with Gasteiger partial charge in [-0.05, 0) is 70.3 Å². The average Bonchev–Trinajstić information content (AvgIpc) is 2.23. The molecular formula is C12H14Br2N2O3. The van der Waals surface area contributed by atoms with Gasteiger partial charge in [0.15, 0.2) is 0 Å². The van der Waals surface area contributed by atoms with Gasteiger partial charge in [0.1, 0.15) is 11.4 Å². The van der Waals surface area contributed by atoms with Gasteiger partial charge in [0.05, 0.1) is 15.2 Å². The number of nitrogens with zero attached hydrogens (tertiary/aromatic N) is 1. The molecule has 0 aliphatic rings. The number of hydrogen-bond donors (Lipinski definition) is 2. The van der Waals surface area contributed by atoms with E-state index in [4.69, 9.17) is 4.74 Å². The van der Waals surface area contributed by atoms with Crippen molar-refractivity contribution >= 4 is 44.2 Å². The summed E-state index contributed by atoms with van der Waals surface area (Å²) >= 11 is 6.41. The summed E-state index contributed by atoms with van der Waals surface area (Å²) < 4.78 is 6.08. The molecule has 0 aliphatic heterocycles. The van der Waals surface area contributed by atoms with Crippen molar-refractivity contribution in [1.29, 1.82) is 0 Å². The highest BCUT2D eigenvalue weighted by molar-refractivity contribution is 9.11. The summed E-state index contributed by atoms with van der Waals surface area (Å²) in [4.78, 5) is 11.3. The minimum Gasteiger partial charge on any atom is -0.506 e. The smallest absolute Gasteiger partial charge is 0.428 e. The van der Waals surface area contributed by atoms with Crippen molar-refractivity contribution < 1.29 is 14.6 Å². The molecule has 0 heterocycles. The lowest BCUT2D eigenvalue weighted by atomic mass is 10.2. The molecule has 1 aromatic rings. The van der Waals surface area contributed by atoms with Crippen LogP contribution in [0, 0.1) is 0 Å². The molecule has 0 fully saturated rings. The minimum absolute atomic E-state index is 0.109. The van der Waals surface area contributed by atoms with E-state index in [2.05, 4.69) is 42.4 Å². The first-order valence-electron chi connectivity index (χ1n) is 5.39. The lowest BCUT2D eigenvalue weighted by molar-refractivity contribution is 0.0529. The first kappa shape index (κ1) is 16.0. The van der Waals surface area contributed by atoms with Gasteiger partial charge < -0.3 is 9.84 Å². The molecule has 19 heavy (non-hydrogen) atoms. The fourth-order valence-electron chi connectivity index (χ4n) is 1.12. The van der Waals surface area contributed by atoms with Crippen LogP contribution < -0.4 is 5.43 Å². The highest BCUT2D eigenvalue weighted by Crippen LogP contribution is 2.32. The van der Waals surface area contributed by atoms with Crippen LogP contribution in [0.1, 0.15) is 26.3 Å². The van der Waals surface area contributed by atoms with Crippen LogP contribution in [0.15, 0.2) is 26.2 Å². The van der Waals surface area contributed by atoms with Gasteiger partial charge >= 0.3 is 6.09 Å². The van der Waals surface area contributed by atoms with Crippen molar-refractivity contribution in [3.05, 3.63) is 26.6 Å². The zero-order valence-electron chi connectivity index (χ0n) is 10.7. The maximum absolute atomic E-state index is 11.3. The molecule has 1 rings (SSSR count). The van der Waals surface area contributed by atoms with Crippen molar-refractivity contribution in [3.63, 3.8) is 0 Å². The number of ether oxygens (including phenoxy) is 1. The average molecular weight is 394 g/mol. The maximum atomic E-state index is 11.3. The highest BCUT2D eigenvalue weighted by Gasteiger charge is 2.15. The molecule has 0 saturated carbocycles. The summed E-state index contributed by atoms with van der Waals surface area (Å²) in [7, 11) is 0. The lowest BCUT2D eigenvalue weighted by Crippen LogP contribution is -2.29. The van der Waals surface area contributed by atoms with Gasteiger partial charge in [-0.1, -0.05) is 0 Å². The van der Waals surface area contributed by atoms with E-state index in [0.29, 0.717) is 14.5 Å². The Kier molecular flexibility index (Phi) is 5.37. The number of hydrogen-bond acceptors (Lipinski definition) is 4.